The molecule has 2 saturated carbocycles. The Hall–Kier alpha value is -3.39. The van der Waals surface area contributed by atoms with Crippen LogP contribution < -0.4 is 10.6 Å². The molecule has 2 aliphatic carbocycles. The highest BCUT2D eigenvalue weighted by Crippen LogP contribution is 2.44. The van der Waals surface area contributed by atoms with Crippen molar-refractivity contribution in [1.82, 2.24) is 19.9 Å². The average Bonchev–Trinajstić information content (AvgIpc) is 3.64. The standard InChI is InChI=1S/C28H29F3N6O3S/c1-13-21(26-35-19-11-32-9-8-20(19)41-26)25(34-18-10-16(12-38)23(39)24(18)40)37-27(33-13)36-22(14-2-3-14)15-4-6-17(7-5-15)28(29,30)31/h4-9,11,14,16,18,22-24,38-40H,2-3,10,12H2,1H3,(H2,33,34,36,37)/t16-,18-,22-,23-,24+/m1/s1. The summed E-state index contributed by atoms with van der Waals surface area (Å²) in [4.78, 5) is 18.3. The normalized spacial score (nSPS) is 23.6. The van der Waals surface area contributed by atoms with E-state index >= 15 is 0 Å². The van der Waals surface area contributed by atoms with Gasteiger partial charge < -0.3 is 26.0 Å². The number of aliphatic hydroxyl groups excluding tert-OH is 3. The fourth-order valence-electron chi connectivity index (χ4n) is 5.43. The number of nitrogens with zero attached hydrogens (tertiary/aromatic N) is 4. The first-order valence-electron chi connectivity index (χ1n) is 13.4. The van der Waals surface area contributed by atoms with E-state index in [2.05, 4.69) is 15.6 Å². The van der Waals surface area contributed by atoms with Gasteiger partial charge >= 0.3 is 6.18 Å². The van der Waals surface area contributed by atoms with Gasteiger partial charge in [-0.3, -0.25) is 4.98 Å². The van der Waals surface area contributed by atoms with E-state index in [1.54, 1.807) is 12.4 Å². The first-order valence-corrected chi connectivity index (χ1v) is 14.2. The molecule has 2 fully saturated rings. The lowest BCUT2D eigenvalue weighted by atomic mass is 10.0. The van der Waals surface area contributed by atoms with Crippen LogP contribution in [0.1, 0.15) is 42.1 Å². The minimum atomic E-state index is -4.41. The molecule has 0 radical (unpaired) electrons. The van der Waals surface area contributed by atoms with Crippen LogP contribution in [0.5, 0.6) is 0 Å². The maximum Gasteiger partial charge on any atom is 0.416 e. The number of aryl methyl sites for hydroxylation is 1. The van der Waals surface area contributed by atoms with E-state index in [1.807, 2.05) is 13.0 Å². The van der Waals surface area contributed by atoms with Gasteiger partial charge in [-0.05, 0) is 55.9 Å². The predicted octanol–water partition coefficient (Wildman–Crippen LogP) is 4.55. The average molecular weight is 587 g/mol. The fourth-order valence-corrected chi connectivity index (χ4v) is 6.46. The summed E-state index contributed by atoms with van der Waals surface area (Å²) >= 11 is 1.44. The number of aliphatic hydroxyl groups is 3. The minimum absolute atomic E-state index is 0.223. The lowest BCUT2D eigenvalue weighted by Crippen LogP contribution is -2.35. The molecule has 0 spiro atoms. The summed E-state index contributed by atoms with van der Waals surface area (Å²) in [5, 5.41) is 38.0. The Kier molecular flexibility index (Phi) is 7.30. The maximum atomic E-state index is 13.1. The van der Waals surface area contributed by atoms with Crippen molar-refractivity contribution in [2.75, 3.05) is 17.2 Å². The summed E-state index contributed by atoms with van der Waals surface area (Å²) in [6.45, 7) is 1.55. The number of alkyl halides is 3. The molecule has 0 saturated heterocycles. The fraction of sp³-hybridized carbons (Fsp3) is 0.429. The van der Waals surface area contributed by atoms with Crippen LogP contribution in [0.4, 0.5) is 24.9 Å². The molecule has 5 atom stereocenters. The van der Waals surface area contributed by atoms with Gasteiger partial charge in [-0.25, -0.2) is 9.97 Å². The molecule has 0 amide bonds. The number of benzene rings is 1. The van der Waals surface area contributed by atoms with Gasteiger partial charge in [0.15, 0.2) is 0 Å². The van der Waals surface area contributed by atoms with Gasteiger partial charge in [0.1, 0.15) is 22.4 Å². The van der Waals surface area contributed by atoms with E-state index < -0.39 is 35.9 Å². The van der Waals surface area contributed by atoms with Crippen LogP contribution in [0.3, 0.4) is 0 Å². The highest BCUT2D eigenvalue weighted by molar-refractivity contribution is 7.21. The van der Waals surface area contributed by atoms with Gasteiger partial charge in [-0.2, -0.15) is 18.2 Å². The Morgan fingerprint density at radius 2 is 1.80 bits per heavy atom. The summed E-state index contributed by atoms with van der Waals surface area (Å²) in [7, 11) is 0. The smallest absolute Gasteiger partial charge is 0.396 e. The molecule has 4 aromatic rings. The van der Waals surface area contributed by atoms with Crippen LogP contribution in [-0.2, 0) is 6.18 Å². The number of hydrogen-bond acceptors (Lipinski definition) is 10. The molecular formula is C28H29F3N6O3S. The van der Waals surface area contributed by atoms with Gasteiger partial charge in [0, 0.05) is 18.7 Å². The van der Waals surface area contributed by atoms with Crippen LogP contribution in [0.15, 0.2) is 42.7 Å². The van der Waals surface area contributed by atoms with Gasteiger partial charge in [0.05, 0.1) is 45.9 Å². The topological polar surface area (TPSA) is 136 Å². The second kappa shape index (κ2) is 10.8. The largest absolute Gasteiger partial charge is 0.416 e. The minimum Gasteiger partial charge on any atom is -0.396 e. The molecule has 6 rings (SSSR count). The highest BCUT2D eigenvalue weighted by atomic mass is 32.1. The zero-order chi connectivity index (χ0) is 28.9. The Balaban J connectivity index is 1.37. The zero-order valence-electron chi connectivity index (χ0n) is 22.0. The lowest BCUT2D eigenvalue weighted by molar-refractivity contribution is -0.137. The molecule has 13 heteroatoms. The molecule has 3 aromatic heterocycles. The third-order valence-electron chi connectivity index (χ3n) is 7.83. The van der Waals surface area contributed by atoms with Crippen molar-refractivity contribution in [2.45, 2.75) is 56.7 Å². The van der Waals surface area contributed by atoms with E-state index in [-0.39, 0.29) is 24.5 Å². The number of pyridine rings is 1. The molecule has 9 nitrogen and oxygen atoms in total. The van der Waals surface area contributed by atoms with E-state index in [0.29, 0.717) is 39.6 Å². The Labute approximate surface area is 237 Å². The number of fused-ring (bicyclic) bond motifs is 1. The van der Waals surface area contributed by atoms with Crippen molar-refractivity contribution in [3.8, 4) is 10.6 Å². The second-order valence-corrected chi connectivity index (χ2v) is 11.7. The van der Waals surface area contributed by atoms with Crippen molar-refractivity contribution in [3.63, 3.8) is 0 Å². The van der Waals surface area contributed by atoms with E-state index in [9.17, 15) is 28.5 Å². The number of rotatable bonds is 8. The molecule has 0 bridgehead atoms. The third-order valence-corrected chi connectivity index (χ3v) is 8.88. The van der Waals surface area contributed by atoms with E-state index in [0.717, 1.165) is 29.7 Å². The lowest BCUT2D eigenvalue weighted by Gasteiger charge is -2.23. The highest BCUT2D eigenvalue weighted by Gasteiger charge is 2.42. The predicted molar refractivity (Wildman–Crippen MR) is 148 cm³/mol. The van der Waals surface area contributed by atoms with Gasteiger partial charge in [-0.15, -0.1) is 11.3 Å². The van der Waals surface area contributed by atoms with Crippen molar-refractivity contribution in [3.05, 3.63) is 59.5 Å². The van der Waals surface area contributed by atoms with Gasteiger partial charge in [0.2, 0.25) is 5.95 Å². The van der Waals surface area contributed by atoms with Crippen LogP contribution in [0.2, 0.25) is 0 Å². The molecule has 3 heterocycles. The van der Waals surface area contributed by atoms with E-state index in [4.69, 9.17) is 15.0 Å². The summed E-state index contributed by atoms with van der Waals surface area (Å²) < 4.78 is 40.3. The van der Waals surface area contributed by atoms with Crippen molar-refractivity contribution in [2.24, 2.45) is 11.8 Å². The monoisotopic (exact) mass is 586 g/mol. The Morgan fingerprint density at radius 3 is 2.44 bits per heavy atom. The van der Waals surface area contributed by atoms with Crippen LogP contribution in [0.25, 0.3) is 20.8 Å². The molecule has 0 unspecified atom stereocenters. The molecule has 5 N–H and O–H groups in total. The number of thiazole rings is 1. The molecule has 41 heavy (non-hydrogen) atoms. The number of nitrogens with one attached hydrogen (secondary N) is 2. The summed E-state index contributed by atoms with van der Waals surface area (Å²) in [6, 6.07) is 6.12. The Morgan fingerprint density at radius 1 is 1.05 bits per heavy atom. The zero-order valence-corrected chi connectivity index (χ0v) is 22.8. The molecule has 216 valence electrons. The van der Waals surface area contributed by atoms with Gasteiger partial charge in [-0.1, -0.05) is 12.1 Å². The maximum absolute atomic E-state index is 13.1. The van der Waals surface area contributed by atoms with Crippen molar-refractivity contribution in [1.29, 1.82) is 0 Å². The number of anilines is 2. The number of hydrogen-bond donors (Lipinski definition) is 5. The molecule has 0 aliphatic heterocycles. The molecule has 1 aromatic carbocycles. The first kappa shape index (κ1) is 27.8. The second-order valence-electron chi connectivity index (χ2n) is 10.7. The van der Waals surface area contributed by atoms with Crippen LogP contribution >= 0.6 is 11.3 Å². The first-order chi connectivity index (χ1) is 19.6. The van der Waals surface area contributed by atoms with Crippen LogP contribution in [-0.4, -0.2) is 60.1 Å². The van der Waals surface area contributed by atoms with Crippen LogP contribution in [0, 0.1) is 18.8 Å². The van der Waals surface area contributed by atoms with Crippen molar-refractivity contribution >= 4 is 33.3 Å². The summed E-state index contributed by atoms with van der Waals surface area (Å²) in [5.41, 5.74) is 1.95. The summed E-state index contributed by atoms with van der Waals surface area (Å²) in [5.74, 6) is 0.406. The molecular weight excluding hydrogens is 557 g/mol. The van der Waals surface area contributed by atoms with E-state index in [1.165, 1.54) is 23.5 Å². The number of aromatic nitrogens is 4. The van der Waals surface area contributed by atoms with Crippen molar-refractivity contribution < 1.29 is 28.5 Å². The molecule has 2 aliphatic rings. The summed E-state index contributed by atoms with van der Waals surface area (Å²) in [6.07, 6.45) is -1.10. The Bertz CT molecular complexity index is 1510. The van der Waals surface area contributed by atoms with Gasteiger partial charge in [0.25, 0.3) is 0 Å². The third kappa shape index (κ3) is 5.59. The SMILES string of the molecule is Cc1nc(N[C@@H](c2ccc(C(F)(F)F)cc2)C2CC2)nc(N[C@@H]2C[C@H](CO)[C@@H](O)[C@H]2O)c1-c1nc2cnccc2s1. The number of halogens is 3. The quantitative estimate of drug-likeness (QED) is 0.201.